The number of rotatable bonds is 9. The Bertz CT molecular complexity index is 1520. The molecular formula is C37H27BiO6-2. The van der Waals surface area contributed by atoms with Crippen molar-refractivity contribution in [2.45, 2.75) is 0 Å². The Morgan fingerprint density at radius 2 is 0.568 bits per heavy atom. The van der Waals surface area contributed by atoms with Crippen molar-refractivity contribution in [1.82, 2.24) is 0 Å². The molecule has 0 aliphatic carbocycles. The average Bonchev–Trinajstić information content (AvgIpc) is 3.05. The summed E-state index contributed by atoms with van der Waals surface area (Å²) in [6, 6.07) is 55.4. The van der Waals surface area contributed by atoms with Crippen LogP contribution in [0.25, 0.3) is 0 Å². The minimum atomic E-state index is -2.64. The molecule has 0 fully saturated rings. The van der Waals surface area contributed by atoms with Crippen LogP contribution >= 0.6 is 0 Å². The molecule has 0 bridgehead atoms. The molecule has 6 aromatic rings. The standard InChI is InChI=1S/3C12H9O.CH2O3.Bi/c3*1-3-7-11(8-4-1)13-12-9-5-2-6-10-12;2-1(3)4;/h3*1,3-10H;(H2,2,3,4);/p-2. The van der Waals surface area contributed by atoms with Crippen LogP contribution in [-0.2, 0) is 0 Å². The van der Waals surface area contributed by atoms with Crippen molar-refractivity contribution in [1.29, 1.82) is 0 Å². The van der Waals surface area contributed by atoms with E-state index in [1.54, 1.807) is 0 Å². The van der Waals surface area contributed by atoms with Crippen LogP contribution in [0.15, 0.2) is 164 Å². The van der Waals surface area contributed by atoms with Crippen LogP contribution in [0, 0.1) is 0 Å². The molecule has 0 saturated carbocycles. The zero-order chi connectivity index (χ0) is 30.6. The van der Waals surface area contributed by atoms with Crippen LogP contribution in [0.3, 0.4) is 0 Å². The second kappa shape index (κ2) is 15.4. The van der Waals surface area contributed by atoms with Crippen molar-refractivity contribution in [2.75, 3.05) is 0 Å². The average molecular weight is 777 g/mol. The number of benzene rings is 6. The molecule has 0 aliphatic rings. The van der Waals surface area contributed by atoms with Gasteiger partial charge in [0.25, 0.3) is 0 Å². The van der Waals surface area contributed by atoms with Gasteiger partial charge < -0.3 is 15.0 Å². The first-order valence-corrected chi connectivity index (χ1v) is 18.9. The van der Waals surface area contributed by atoms with Crippen molar-refractivity contribution in [3.8, 4) is 34.5 Å². The van der Waals surface area contributed by atoms with Gasteiger partial charge in [-0.1, -0.05) is 0 Å². The summed E-state index contributed by atoms with van der Waals surface area (Å²) in [5, 5.41) is 16.7. The Balaban J connectivity index is 0.000000906. The van der Waals surface area contributed by atoms with E-state index in [0.29, 0.717) is 0 Å². The fourth-order valence-corrected chi connectivity index (χ4v) is 13.0. The van der Waals surface area contributed by atoms with E-state index in [1.165, 1.54) is 9.81 Å². The minimum absolute atomic E-state index is 0.831. The summed E-state index contributed by atoms with van der Waals surface area (Å²) in [5.41, 5.74) is 0. The number of carboxylic acid groups (broad SMARTS) is 2. The molecule has 0 saturated heterocycles. The van der Waals surface area contributed by atoms with Crippen LogP contribution in [0.5, 0.6) is 34.5 Å². The third-order valence-electron chi connectivity index (χ3n) is 6.22. The zero-order valence-electron chi connectivity index (χ0n) is 23.5. The monoisotopic (exact) mass is 776 g/mol. The van der Waals surface area contributed by atoms with Crippen LogP contribution in [0.2, 0.25) is 0 Å². The van der Waals surface area contributed by atoms with Crippen molar-refractivity contribution < 1.29 is 29.2 Å². The molecular weight excluding hydrogens is 749 g/mol. The number of ether oxygens (including phenoxy) is 3. The summed E-state index contributed by atoms with van der Waals surface area (Å²) in [6.07, 6.45) is -2.33. The van der Waals surface area contributed by atoms with Crippen LogP contribution < -0.4 is 34.2 Å². The fourth-order valence-electron chi connectivity index (χ4n) is 4.31. The van der Waals surface area contributed by atoms with Crippen molar-refractivity contribution >= 4 is 37.7 Å². The van der Waals surface area contributed by atoms with Gasteiger partial charge in [-0.15, -0.1) is 0 Å². The molecule has 0 atom stereocenters. The third kappa shape index (κ3) is 8.94. The number of hydrogen-bond acceptors (Lipinski definition) is 6. The predicted molar refractivity (Wildman–Crippen MR) is 169 cm³/mol. The van der Waals surface area contributed by atoms with E-state index in [4.69, 9.17) is 29.2 Å². The van der Waals surface area contributed by atoms with E-state index in [0.717, 1.165) is 34.5 Å². The SMILES string of the molecule is O=C([O-])[O-].c1ccc(Oc2cc[c]([Bi]([c]3ccc(Oc4ccccc4)cc3)[c]3ccc(Oc4ccccc4)cc3)cc2)cc1. The van der Waals surface area contributed by atoms with Gasteiger partial charge in [0.2, 0.25) is 0 Å². The van der Waals surface area contributed by atoms with Gasteiger partial charge in [0.05, 0.1) is 0 Å². The van der Waals surface area contributed by atoms with Gasteiger partial charge in [0.1, 0.15) is 0 Å². The van der Waals surface area contributed by atoms with E-state index < -0.39 is 27.9 Å². The molecule has 0 aromatic heterocycles. The van der Waals surface area contributed by atoms with Gasteiger partial charge in [-0.2, -0.15) is 0 Å². The maximum absolute atomic E-state index is 8.33. The van der Waals surface area contributed by atoms with E-state index >= 15 is 0 Å². The second-order valence-corrected chi connectivity index (χ2v) is 17.9. The molecule has 0 heterocycles. The predicted octanol–water partition coefficient (Wildman–Crippen LogP) is 5.13. The molecule has 0 amide bonds. The Hall–Kier alpha value is -5.13. The first kappa shape index (κ1) is 30.3. The van der Waals surface area contributed by atoms with Gasteiger partial charge in [-0.3, -0.25) is 0 Å². The first-order valence-electron chi connectivity index (χ1n) is 13.7. The van der Waals surface area contributed by atoms with Crippen LogP contribution in [-0.4, -0.2) is 27.9 Å². The Morgan fingerprint density at radius 3 is 0.795 bits per heavy atom. The summed E-state index contributed by atoms with van der Waals surface area (Å²) in [6.45, 7) is 0. The second-order valence-electron chi connectivity index (χ2n) is 9.31. The number of carbonyl (C=O) groups is 1. The van der Waals surface area contributed by atoms with Crippen molar-refractivity contribution in [3.63, 3.8) is 0 Å². The molecule has 0 radical (unpaired) electrons. The fraction of sp³-hybridized carbons (Fsp3) is 0. The van der Waals surface area contributed by atoms with Crippen molar-refractivity contribution in [2.24, 2.45) is 0 Å². The zero-order valence-corrected chi connectivity index (χ0v) is 27.0. The number of para-hydroxylation sites is 3. The molecule has 44 heavy (non-hydrogen) atoms. The van der Waals surface area contributed by atoms with Crippen molar-refractivity contribution in [3.05, 3.63) is 164 Å². The van der Waals surface area contributed by atoms with Crippen LogP contribution in [0.1, 0.15) is 0 Å². The van der Waals surface area contributed by atoms with Gasteiger partial charge in [-0.05, 0) is 6.16 Å². The van der Waals surface area contributed by atoms with Gasteiger partial charge in [0, 0.05) is 0 Å². The number of hydrogen-bond donors (Lipinski definition) is 0. The van der Waals surface area contributed by atoms with Gasteiger partial charge in [0.15, 0.2) is 0 Å². The summed E-state index contributed by atoms with van der Waals surface area (Å²) < 4.78 is 22.3. The summed E-state index contributed by atoms with van der Waals surface area (Å²) in [4.78, 5) is 8.33. The Morgan fingerprint density at radius 1 is 0.364 bits per heavy atom. The molecule has 6 nitrogen and oxygen atoms in total. The first-order chi connectivity index (χ1) is 21.5. The number of carbonyl (C=O) groups excluding carboxylic acids is 1. The third-order valence-corrected chi connectivity index (χ3v) is 15.7. The van der Waals surface area contributed by atoms with E-state index in [2.05, 4.69) is 72.8 Å². The Labute approximate surface area is 264 Å². The molecule has 7 heteroatoms. The van der Waals surface area contributed by atoms with E-state index in [1.807, 2.05) is 91.0 Å². The molecule has 0 N–H and O–H groups in total. The molecule has 6 aromatic carbocycles. The van der Waals surface area contributed by atoms with Gasteiger partial charge in [-0.25, -0.2) is 0 Å². The quantitative estimate of drug-likeness (QED) is 0.189. The van der Waals surface area contributed by atoms with Gasteiger partial charge >= 0.3 is 244 Å². The van der Waals surface area contributed by atoms with Crippen LogP contribution in [0.4, 0.5) is 4.79 Å². The van der Waals surface area contributed by atoms with E-state index in [-0.39, 0.29) is 0 Å². The van der Waals surface area contributed by atoms with E-state index in [9.17, 15) is 0 Å². The summed E-state index contributed by atoms with van der Waals surface area (Å²) >= 11 is -2.64. The molecule has 218 valence electrons. The normalized spacial score (nSPS) is 10.3. The molecule has 6 rings (SSSR count). The topological polar surface area (TPSA) is 90.9 Å². The summed E-state index contributed by atoms with van der Waals surface area (Å²) in [5.74, 6) is 4.99. The molecule has 0 unspecified atom stereocenters. The summed E-state index contributed by atoms with van der Waals surface area (Å²) in [7, 11) is 0. The molecule has 0 aliphatic heterocycles. The Kier molecular flexibility index (Phi) is 10.6. The maximum atomic E-state index is 8.33. The molecule has 0 spiro atoms.